The van der Waals surface area contributed by atoms with Gasteiger partial charge in [-0.1, -0.05) is 80.9 Å². The van der Waals surface area contributed by atoms with Crippen LogP contribution in [0.4, 0.5) is 0 Å². The predicted octanol–water partition coefficient (Wildman–Crippen LogP) is -1.22. The highest BCUT2D eigenvalue weighted by atomic mass is 16.4. The quantitative estimate of drug-likeness (QED) is 0.0240. The van der Waals surface area contributed by atoms with Crippen LogP contribution in [0.1, 0.15) is 82.8 Å². The van der Waals surface area contributed by atoms with Crippen molar-refractivity contribution in [2.45, 2.75) is 121 Å². The Balaban J connectivity index is 2.33. The zero-order valence-electron chi connectivity index (χ0n) is 37.1. The molecule has 0 aliphatic heterocycles. The molecule has 0 aliphatic carbocycles. The van der Waals surface area contributed by atoms with Crippen molar-refractivity contribution in [3.8, 4) is 0 Å². The first-order chi connectivity index (χ1) is 30.5. The third-order valence-electron chi connectivity index (χ3n) is 10.1. The third-order valence-corrected chi connectivity index (χ3v) is 10.1. The zero-order valence-corrected chi connectivity index (χ0v) is 37.1. The molecule has 20 heteroatoms. The number of nitrogens with zero attached hydrogens (tertiary/aromatic N) is 1. The Kier molecular flexibility index (Phi) is 25.4. The number of unbranched alkanes of at least 4 members (excludes halogenated alkanes) is 2. The Morgan fingerprint density at radius 2 is 1.05 bits per heavy atom. The van der Waals surface area contributed by atoms with Crippen LogP contribution in [-0.2, 0) is 46.4 Å². The van der Waals surface area contributed by atoms with E-state index in [0.717, 1.165) is 0 Å². The summed E-state index contributed by atoms with van der Waals surface area (Å²) in [4.78, 5) is 97.6. The smallest absolute Gasteiger partial charge is 0.326 e. The maximum Gasteiger partial charge on any atom is 0.326 e. The molecule has 0 saturated carbocycles. The van der Waals surface area contributed by atoms with E-state index in [9.17, 15) is 38.7 Å². The monoisotopic (exact) mass is 895 g/mol. The van der Waals surface area contributed by atoms with Crippen molar-refractivity contribution in [2.75, 3.05) is 26.2 Å². The third kappa shape index (κ3) is 21.8. The number of benzene rings is 2. The van der Waals surface area contributed by atoms with Crippen molar-refractivity contribution in [3.63, 3.8) is 0 Å². The molecule has 0 fully saturated rings. The highest BCUT2D eigenvalue weighted by molar-refractivity contribution is 5.96. The molecule has 0 aliphatic rings. The number of amides is 6. The van der Waals surface area contributed by atoms with Gasteiger partial charge in [-0.3, -0.25) is 33.8 Å². The summed E-state index contributed by atoms with van der Waals surface area (Å²) in [5, 5.41) is 25.8. The van der Waals surface area contributed by atoms with E-state index < -0.39 is 84.2 Å². The minimum Gasteiger partial charge on any atom is -0.480 e. The van der Waals surface area contributed by atoms with Crippen molar-refractivity contribution in [1.82, 2.24) is 31.9 Å². The highest BCUT2D eigenvalue weighted by Gasteiger charge is 2.32. The number of aliphatic carboxylic acids is 1. The Labute approximate surface area is 375 Å². The number of rotatable bonds is 31. The van der Waals surface area contributed by atoms with Crippen LogP contribution in [0.3, 0.4) is 0 Å². The Hall–Kier alpha value is -6.12. The molecule has 2 rings (SSSR count). The minimum absolute atomic E-state index is 0.00321. The lowest BCUT2D eigenvalue weighted by atomic mass is 10.0. The maximum absolute atomic E-state index is 14.2. The lowest BCUT2D eigenvalue weighted by Gasteiger charge is -2.26. The van der Waals surface area contributed by atoms with Gasteiger partial charge in [0.2, 0.25) is 35.4 Å². The second-order valence-electron chi connectivity index (χ2n) is 16.1. The summed E-state index contributed by atoms with van der Waals surface area (Å²) in [7, 11) is 0. The van der Waals surface area contributed by atoms with Gasteiger partial charge in [-0.05, 0) is 81.5 Å². The van der Waals surface area contributed by atoms with Gasteiger partial charge in [0.15, 0.2) is 5.96 Å². The average Bonchev–Trinajstić information content (AvgIpc) is 3.25. The number of nitrogens with one attached hydrogen (secondary N) is 6. The molecule has 0 radical (unpaired) electrons. The molecular formula is C44H70N12O8. The predicted molar refractivity (Wildman–Crippen MR) is 244 cm³/mol. The molecule has 0 heterocycles. The largest absolute Gasteiger partial charge is 0.480 e. The number of aliphatic imine (C=N–C) groups is 1. The highest BCUT2D eigenvalue weighted by Crippen LogP contribution is 2.11. The van der Waals surface area contributed by atoms with Gasteiger partial charge in [-0.25, -0.2) is 4.79 Å². The van der Waals surface area contributed by atoms with E-state index in [1.165, 1.54) is 0 Å². The van der Waals surface area contributed by atoms with Crippen molar-refractivity contribution in [2.24, 2.45) is 39.6 Å². The van der Waals surface area contributed by atoms with E-state index in [1.807, 2.05) is 13.8 Å². The summed E-state index contributed by atoms with van der Waals surface area (Å²) in [5.41, 5.74) is 29.4. The fraction of sp³-hybridized carbons (Fsp3) is 0.545. The number of carbonyl (C=O) groups is 7. The molecule has 64 heavy (non-hydrogen) atoms. The number of carboxylic acid groups (broad SMARTS) is 1. The first-order valence-electron chi connectivity index (χ1n) is 21.8. The number of hydrogen-bond acceptors (Lipinski definition) is 11. The minimum atomic E-state index is -1.31. The molecule has 354 valence electrons. The number of carbonyl (C=O) groups excluding carboxylic acids is 6. The number of hydrogen-bond donors (Lipinski definition) is 12. The van der Waals surface area contributed by atoms with Gasteiger partial charge in [0.25, 0.3) is 0 Å². The van der Waals surface area contributed by atoms with Crippen molar-refractivity contribution in [1.29, 1.82) is 0 Å². The molecule has 0 aromatic heterocycles. The fourth-order valence-corrected chi connectivity index (χ4v) is 6.61. The molecule has 6 unspecified atom stereocenters. The first kappa shape index (κ1) is 54.0. The van der Waals surface area contributed by atoms with Crippen LogP contribution in [0.2, 0.25) is 0 Å². The second-order valence-corrected chi connectivity index (χ2v) is 16.1. The van der Waals surface area contributed by atoms with Crippen molar-refractivity contribution >= 4 is 47.4 Å². The Morgan fingerprint density at radius 1 is 0.578 bits per heavy atom. The maximum atomic E-state index is 14.2. The summed E-state index contributed by atoms with van der Waals surface area (Å²) in [6, 6.07) is 10.8. The van der Waals surface area contributed by atoms with Gasteiger partial charge in [0.05, 0.1) is 12.6 Å². The van der Waals surface area contributed by atoms with E-state index in [-0.39, 0.29) is 56.9 Å². The summed E-state index contributed by atoms with van der Waals surface area (Å²) in [5.74, 6) is -5.49. The van der Waals surface area contributed by atoms with Crippen LogP contribution in [0.15, 0.2) is 65.7 Å². The van der Waals surface area contributed by atoms with Gasteiger partial charge < -0.3 is 65.7 Å². The van der Waals surface area contributed by atoms with E-state index >= 15 is 0 Å². The molecule has 2 aromatic rings. The van der Waals surface area contributed by atoms with E-state index in [1.54, 1.807) is 60.7 Å². The van der Waals surface area contributed by atoms with Crippen LogP contribution in [0.25, 0.3) is 0 Å². The van der Waals surface area contributed by atoms with Gasteiger partial charge in [-0.2, -0.15) is 0 Å². The van der Waals surface area contributed by atoms with Crippen LogP contribution in [0, 0.1) is 5.92 Å². The van der Waals surface area contributed by atoms with Crippen LogP contribution < -0.4 is 60.6 Å². The fourth-order valence-electron chi connectivity index (χ4n) is 6.61. The zero-order chi connectivity index (χ0) is 47.4. The Bertz CT molecular complexity index is 1800. The van der Waals surface area contributed by atoms with Crippen LogP contribution in [-0.4, -0.2) is 115 Å². The van der Waals surface area contributed by atoms with Crippen molar-refractivity contribution in [3.05, 3.63) is 71.8 Å². The number of nitrogens with two attached hydrogens (primary N) is 5. The molecule has 20 nitrogen and oxygen atoms in total. The summed E-state index contributed by atoms with van der Waals surface area (Å²) in [6.07, 6.45) is 3.31. The second kappa shape index (κ2) is 30.1. The average molecular weight is 895 g/mol. The molecule has 2 aromatic carbocycles. The standard InChI is InChI=1S/C44H70N12O8/c1-28(2)24-34(55-38(58)31(47)18-9-11-21-45)39(59)51-27-37(57)52-35(25-29-14-5-3-6-15-29)41(61)56-36(26-30-16-7-4-8-17-30)42(62)53-32(19-10-12-22-46)40(60)54-33(43(63)64)20-13-23-50-44(48)49/h3-8,14-17,28,31-36H,9-13,18-27,45-47H2,1-2H3,(H,51,59)(H,52,57)(H,53,62)(H,54,60)(H,55,58)(H,56,61)(H,63,64)(H4,48,49,50). The molecule has 6 amide bonds. The summed E-state index contributed by atoms with van der Waals surface area (Å²) < 4.78 is 0. The summed E-state index contributed by atoms with van der Waals surface area (Å²) in [6.45, 7) is 4.14. The number of carboxylic acids is 1. The number of guanidine groups is 1. The van der Waals surface area contributed by atoms with Crippen LogP contribution in [0.5, 0.6) is 0 Å². The molecule has 0 bridgehead atoms. The normalized spacial score (nSPS) is 13.8. The lowest BCUT2D eigenvalue weighted by molar-refractivity contribution is -0.142. The summed E-state index contributed by atoms with van der Waals surface area (Å²) >= 11 is 0. The molecule has 0 saturated heterocycles. The van der Waals surface area contributed by atoms with Gasteiger partial charge in [0, 0.05) is 19.4 Å². The van der Waals surface area contributed by atoms with Gasteiger partial charge >= 0.3 is 5.97 Å². The molecule has 0 spiro atoms. The van der Waals surface area contributed by atoms with Crippen LogP contribution >= 0.6 is 0 Å². The molecule has 6 atom stereocenters. The van der Waals surface area contributed by atoms with Gasteiger partial charge in [0.1, 0.15) is 30.2 Å². The topological polar surface area (TPSA) is 354 Å². The lowest BCUT2D eigenvalue weighted by Crippen LogP contribution is -2.59. The van der Waals surface area contributed by atoms with E-state index in [2.05, 4.69) is 36.9 Å². The Morgan fingerprint density at radius 3 is 1.56 bits per heavy atom. The van der Waals surface area contributed by atoms with E-state index in [4.69, 9.17) is 28.7 Å². The molecular weight excluding hydrogens is 825 g/mol. The SMILES string of the molecule is CC(C)CC(NC(=O)C(N)CCCCN)C(=O)NCC(=O)NC(Cc1ccccc1)C(=O)NC(Cc1ccccc1)C(=O)NC(CCCCN)C(=O)NC(CCCN=C(N)N)C(=O)O. The molecule has 17 N–H and O–H groups in total. The van der Waals surface area contributed by atoms with Crippen molar-refractivity contribution < 1.29 is 38.7 Å². The van der Waals surface area contributed by atoms with E-state index in [0.29, 0.717) is 56.3 Å². The van der Waals surface area contributed by atoms with Gasteiger partial charge in [-0.15, -0.1) is 0 Å². The first-order valence-corrected chi connectivity index (χ1v) is 21.8.